The number of methoxy groups -OCH3 is 1. The zero-order valence-corrected chi connectivity index (χ0v) is 10.5. The van der Waals surface area contributed by atoms with E-state index in [2.05, 4.69) is 10.5 Å². The molecule has 0 fully saturated rings. The molecule has 2 aromatic rings. The highest BCUT2D eigenvalue weighted by molar-refractivity contribution is 6.05. The summed E-state index contributed by atoms with van der Waals surface area (Å²) < 4.78 is 10.0. The van der Waals surface area contributed by atoms with Crippen molar-refractivity contribution in [3.05, 3.63) is 41.2 Å². The lowest BCUT2D eigenvalue weighted by atomic mass is 10.1. The molecule has 1 heterocycles. The van der Waals surface area contributed by atoms with E-state index in [0.29, 0.717) is 22.9 Å². The van der Waals surface area contributed by atoms with Crippen LogP contribution in [0.5, 0.6) is 5.75 Å². The molecule has 5 nitrogen and oxygen atoms in total. The number of nitrogens with one attached hydrogen (secondary N) is 1. The third-order valence-corrected chi connectivity index (χ3v) is 2.47. The fourth-order valence-corrected chi connectivity index (χ4v) is 1.61. The lowest BCUT2D eigenvalue weighted by Gasteiger charge is -2.08. The quantitative estimate of drug-likeness (QED) is 0.903. The second-order valence-corrected chi connectivity index (χ2v) is 3.98. The Hall–Kier alpha value is -2.30. The van der Waals surface area contributed by atoms with E-state index in [0.717, 1.165) is 5.56 Å². The van der Waals surface area contributed by atoms with Crippen LogP contribution in [-0.4, -0.2) is 18.2 Å². The largest absolute Gasteiger partial charge is 0.496 e. The first-order chi connectivity index (χ1) is 8.60. The van der Waals surface area contributed by atoms with Crippen molar-refractivity contribution in [3.8, 4) is 5.75 Å². The van der Waals surface area contributed by atoms with Crippen LogP contribution in [0.15, 0.2) is 28.8 Å². The molecule has 0 saturated heterocycles. The molecule has 1 aromatic heterocycles. The molecule has 0 aliphatic carbocycles. The summed E-state index contributed by atoms with van der Waals surface area (Å²) in [6.45, 7) is 3.67. The Kier molecular flexibility index (Phi) is 3.32. The van der Waals surface area contributed by atoms with Gasteiger partial charge in [0.05, 0.1) is 12.7 Å². The molecule has 0 radical (unpaired) electrons. The maximum atomic E-state index is 12.1. The van der Waals surface area contributed by atoms with Crippen molar-refractivity contribution in [1.29, 1.82) is 0 Å². The summed E-state index contributed by atoms with van der Waals surface area (Å²) in [5.74, 6) is 1.28. The molecule has 1 N–H and O–H groups in total. The minimum atomic E-state index is -0.274. The molecule has 5 heteroatoms. The molecule has 0 atom stereocenters. The molecule has 1 aromatic carbocycles. The minimum Gasteiger partial charge on any atom is -0.496 e. The number of aromatic nitrogens is 1. The van der Waals surface area contributed by atoms with E-state index >= 15 is 0 Å². The number of hydrogen-bond donors (Lipinski definition) is 1. The monoisotopic (exact) mass is 246 g/mol. The van der Waals surface area contributed by atoms with Crippen LogP contribution in [0.3, 0.4) is 0 Å². The van der Waals surface area contributed by atoms with Gasteiger partial charge in [0.25, 0.3) is 5.91 Å². The highest BCUT2D eigenvalue weighted by atomic mass is 16.5. The number of aryl methyl sites for hydroxylation is 2. The van der Waals surface area contributed by atoms with Crippen LogP contribution in [0, 0.1) is 13.8 Å². The lowest BCUT2D eigenvalue weighted by molar-refractivity contribution is 0.102. The molecule has 0 aliphatic heterocycles. The van der Waals surface area contributed by atoms with Crippen LogP contribution in [0.25, 0.3) is 0 Å². The van der Waals surface area contributed by atoms with E-state index < -0.39 is 0 Å². The van der Waals surface area contributed by atoms with Crippen molar-refractivity contribution >= 4 is 11.7 Å². The summed E-state index contributed by atoms with van der Waals surface area (Å²) in [5.41, 5.74) is 1.45. The van der Waals surface area contributed by atoms with Gasteiger partial charge in [-0.3, -0.25) is 4.79 Å². The van der Waals surface area contributed by atoms with Crippen molar-refractivity contribution in [2.45, 2.75) is 13.8 Å². The van der Waals surface area contributed by atoms with Gasteiger partial charge in [-0.2, -0.15) is 0 Å². The number of amides is 1. The van der Waals surface area contributed by atoms with Crippen molar-refractivity contribution < 1.29 is 14.1 Å². The van der Waals surface area contributed by atoms with Crippen molar-refractivity contribution in [1.82, 2.24) is 5.16 Å². The highest BCUT2D eigenvalue weighted by Gasteiger charge is 2.14. The molecule has 18 heavy (non-hydrogen) atoms. The summed E-state index contributed by atoms with van der Waals surface area (Å²) in [6, 6.07) is 7.06. The summed E-state index contributed by atoms with van der Waals surface area (Å²) in [6.07, 6.45) is 0. The van der Waals surface area contributed by atoms with E-state index in [1.165, 1.54) is 7.11 Å². The van der Waals surface area contributed by atoms with Crippen molar-refractivity contribution in [3.63, 3.8) is 0 Å². The lowest BCUT2D eigenvalue weighted by Crippen LogP contribution is -2.13. The van der Waals surface area contributed by atoms with Crippen LogP contribution in [0.4, 0.5) is 5.82 Å². The Morgan fingerprint density at radius 1 is 1.33 bits per heavy atom. The van der Waals surface area contributed by atoms with Gasteiger partial charge < -0.3 is 14.6 Å². The van der Waals surface area contributed by atoms with Crippen LogP contribution >= 0.6 is 0 Å². The first kappa shape index (κ1) is 12.2. The number of anilines is 1. The molecule has 0 saturated carbocycles. The van der Waals surface area contributed by atoms with E-state index in [1.54, 1.807) is 25.1 Å². The first-order valence-corrected chi connectivity index (χ1v) is 5.49. The van der Waals surface area contributed by atoms with Gasteiger partial charge in [-0.05, 0) is 26.0 Å². The Morgan fingerprint density at radius 3 is 2.72 bits per heavy atom. The van der Waals surface area contributed by atoms with Gasteiger partial charge in [-0.25, -0.2) is 0 Å². The van der Waals surface area contributed by atoms with Crippen LogP contribution in [0.2, 0.25) is 0 Å². The fourth-order valence-electron chi connectivity index (χ4n) is 1.61. The van der Waals surface area contributed by atoms with E-state index in [4.69, 9.17) is 9.26 Å². The molecule has 0 bridgehead atoms. The van der Waals surface area contributed by atoms with Gasteiger partial charge in [-0.15, -0.1) is 0 Å². The van der Waals surface area contributed by atoms with Crippen molar-refractivity contribution in [2.75, 3.05) is 12.4 Å². The predicted octanol–water partition coefficient (Wildman–Crippen LogP) is 2.55. The molecule has 94 valence electrons. The SMILES string of the molecule is COc1ccc(C)cc1C(=O)Nc1cc(C)on1. The summed E-state index contributed by atoms with van der Waals surface area (Å²) in [7, 11) is 1.53. The minimum absolute atomic E-state index is 0.274. The maximum Gasteiger partial charge on any atom is 0.260 e. The number of nitrogens with zero attached hydrogens (tertiary/aromatic N) is 1. The van der Waals surface area contributed by atoms with Gasteiger partial charge >= 0.3 is 0 Å². The van der Waals surface area contributed by atoms with E-state index in [-0.39, 0.29) is 5.91 Å². The van der Waals surface area contributed by atoms with Crippen molar-refractivity contribution in [2.24, 2.45) is 0 Å². The number of carbonyl (C=O) groups is 1. The first-order valence-electron chi connectivity index (χ1n) is 5.49. The topological polar surface area (TPSA) is 64.4 Å². The highest BCUT2D eigenvalue weighted by Crippen LogP contribution is 2.21. The summed E-state index contributed by atoms with van der Waals surface area (Å²) >= 11 is 0. The zero-order valence-electron chi connectivity index (χ0n) is 10.5. The molecule has 0 spiro atoms. The second-order valence-electron chi connectivity index (χ2n) is 3.98. The third-order valence-electron chi connectivity index (χ3n) is 2.47. The Morgan fingerprint density at radius 2 is 2.11 bits per heavy atom. The number of ether oxygens (including phenoxy) is 1. The Labute approximate surface area is 105 Å². The zero-order chi connectivity index (χ0) is 13.1. The third kappa shape index (κ3) is 2.51. The smallest absolute Gasteiger partial charge is 0.260 e. The molecule has 2 rings (SSSR count). The van der Waals surface area contributed by atoms with E-state index in [1.807, 2.05) is 13.0 Å². The number of hydrogen-bond acceptors (Lipinski definition) is 4. The number of carbonyl (C=O) groups excluding carboxylic acids is 1. The van der Waals surface area contributed by atoms with Gasteiger partial charge in [-0.1, -0.05) is 16.8 Å². The number of benzene rings is 1. The van der Waals surface area contributed by atoms with Crippen LogP contribution < -0.4 is 10.1 Å². The maximum absolute atomic E-state index is 12.1. The molecule has 0 aliphatic rings. The molecular formula is C13H14N2O3. The molecular weight excluding hydrogens is 232 g/mol. The second kappa shape index (κ2) is 4.91. The molecule has 0 unspecified atom stereocenters. The Bertz CT molecular complexity index is 575. The number of rotatable bonds is 3. The van der Waals surface area contributed by atoms with Gasteiger partial charge in [0.1, 0.15) is 11.5 Å². The summed E-state index contributed by atoms with van der Waals surface area (Å²) in [4.78, 5) is 12.1. The van der Waals surface area contributed by atoms with Gasteiger partial charge in [0, 0.05) is 6.07 Å². The Balaban J connectivity index is 2.25. The van der Waals surface area contributed by atoms with Crippen LogP contribution in [0.1, 0.15) is 21.7 Å². The van der Waals surface area contributed by atoms with Crippen LogP contribution in [-0.2, 0) is 0 Å². The molecule has 1 amide bonds. The van der Waals surface area contributed by atoms with E-state index in [9.17, 15) is 4.79 Å². The average Bonchev–Trinajstić information content (AvgIpc) is 2.74. The fraction of sp³-hybridized carbons (Fsp3) is 0.231. The predicted molar refractivity (Wildman–Crippen MR) is 66.9 cm³/mol. The summed E-state index contributed by atoms with van der Waals surface area (Å²) in [5, 5.41) is 6.37. The standard InChI is InChI=1S/C13H14N2O3/c1-8-4-5-11(17-3)10(6-8)13(16)14-12-7-9(2)18-15-12/h4-7H,1-3H3,(H,14,15,16). The average molecular weight is 246 g/mol. The normalized spacial score (nSPS) is 10.2. The van der Waals surface area contributed by atoms with Gasteiger partial charge in [0.15, 0.2) is 5.82 Å². The van der Waals surface area contributed by atoms with Gasteiger partial charge in [0.2, 0.25) is 0 Å².